The lowest BCUT2D eigenvalue weighted by atomic mass is 10.1. The van der Waals surface area contributed by atoms with Crippen molar-refractivity contribution in [2.45, 2.75) is 116 Å². The molecular formula is C28H48N2. The van der Waals surface area contributed by atoms with Crippen molar-refractivity contribution in [3.05, 3.63) is 48.3 Å². The van der Waals surface area contributed by atoms with E-state index in [0.717, 1.165) is 0 Å². The van der Waals surface area contributed by atoms with E-state index >= 15 is 0 Å². The molecule has 2 rings (SSSR count). The van der Waals surface area contributed by atoms with Gasteiger partial charge in [-0.2, -0.15) is 0 Å². The second-order valence-electron chi connectivity index (χ2n) is 9.15. The first-order chi connectivity index (χ1) is 14.9. The lowest BCUT2D eigenvalue weighted by molar-refractivity contribution is 0.149. The minimum Gasteiger partial charge on any atom is -0.352 e. The minimum atomic E-state index is 0.399. The number of nitrogens with zero attached hydrogens (tertiary/aromatic N) is 2. The number of hydrogen-bond acceptors (Lipinski definition) is 2. The highest BCUT2D eigenvalue weighted by molar-refractivity contribution is 5.21. The lowest BCUT2D eigenvalue weighted by Crippen LogP contribution is -2.32. The van der Waals surface area contributed by atoms with Crippen molar-refractivity contribution in [3.63, 3.8) is 0 Å². The quantitative estimate of drug-likeness (QED) is 0.222. The first-order valence-electron chi connectivity index (χ1n) is 13.1. The Balaban J connectivity index is 1.72. The summed E-state index contributed by atoms with van der Waals surface area (Å²) in [6, 6.07) is 11.1. The third kappa shape index (κ3) is 9.58. The van der Waals surface area contributed by atoms with E-state index in [-0.39, 0.29) is 0 Å². The van der Waals surface area contributed by atoms with Gasteiger partial charge in [0.15, 0.2) is 0 Å². The highest BCUT2D eigenvalue weighted by Gasteiger charge is 2.26. The van der Waals surface area contributed by atoms with Crippen LogP contribution in [-0.4, -0.2) is 22.9 Å². The summed E-state index contributed by atoms with van der Waals surface area (Å²) in [6.45, 7) is 6.95. The SMILES string of the molecule is CCCCCCCCCCN1C=CN(CCCCCCCCC)C1c1ccccc1. The van der Waals surface area contributed by atoms with Crippen LogP contribution in [0, 0.1) is 0 Å². The number of benzene rings is 1. The zero-order valence-electron chi connectivity index (χ0n) is 20.0. The number of rotatable bonds is 18. The van der Waals surface area contributed by atoms with E-state index in [1.165, 1.54) is 115 Å². The first kappa shape index (κ1) is 24.8. The van der Waals surface area contributed by atoms with Crippen LogP contribution in [-0.2, 0) is 0 Å². The van der Waals surface area contributed by atoms with Gasteiger partial charge in [-0.05, 0) is 18.4 Å². The topological polar surface area (TPSA) is 6.48 Å². The Morgan fingerprint density at radius 3 is 1.37 bits per heavy atom. The number of unbranched alkanes of at least 4 members (excludes halogenated alkanes) is 13. The van der Waals surface area contributed by atoms with Crippen LogP contribution in [0.5, 0.6) is 0 Å². The Labute approximate surface area is 187 Å². The smallest absolute Gasteiger partial charge is 0.127 e. The molecule has 0 fully saturated rings. The molecule has 0 bridgehead atoms. The van der Waals surface area contributed by atoms with E-state index in [1.807, 2.05) is 0 Å². The molecule has 0 aromatic heterocycles. The molecule has 30 heavy (non-hydrogen) atoms. The molecule has 0 spiro atoms. The van der Waals surface area contributed by atoms with Crippen molar-refractivity contribution in [3.8, 4) is 0 Å². The van der Waals surface area contributed by atoms with E-state index in [4.69, 9.17) is 0 Å². The molecule has 1 aliphatic rings. The zero-order chi connectivity index (χ0) is 21.3. The highest BCUT2D eigenvalue weighted by atomic mass is 15.4. The summed E-state index contributed by atoms with van der Waals surface area (Å²) in [7, 11) is 0. The average Bonchev–Trinajstić information content (AvgIpc) is 3.18. The van der Waals surface area contributed by atoms with Crippen LogP contribution in [0.2, 0.25) is 0 Å². The predicted molar refractivity (Wildman–Crippen MR) is 132 cm³/mol. The first-order valence-corrected chi connectivity index (χ1v) is 13.1. The Kier molecular flexibility index (Phi) is 13.5. The molecule has 2 heteroatoms. The van der Waals surface area contributed by atoms with Gasteiger partial charge in [0.05, 0.1) is 0 Å². The second-order valence-corrected chi connectivity index (χ2v) is 9.15. The van der Waals surface area contributed by atoms with Gasteiger partial charge in [0.2, 0.25) is 0 Å². The molecule has 2 nitrogen and oxygen atoms in total. The van der Waals surface area contributed by atoms with Crippen LogP contribution in [0.25, 0.3) is 0 Å². The molecule has 0 amide bonds. The van der Waals surface area contributed by atoms with E-state index in [9.17, 15) is 0 Å². The molecular weight excluding hydrogens is 364 g/mol. The normalized spacial score (nSPS) is 16.0. The molecule has 1 aromatic carbocycles. The van der Waals surface area contributed by atoms with E-state index in [0.29, 0.717) is 6.17 Å². The van der Waals surface area contributed by atoms with Crippen LogP contribution in [0.3, 0.4) is 0 Å². The Morgan fingerprint density at radius 1 is 0.533 bits per heavy atom. The molecule has 1 heterocycles. The third-order valence-corrected chi connectivity index (χ3v) is 6.47. The Morgan fingerprint density at radius 2 is 0.933 bits per heavy atom. The fourth-order valence-corrected chi connectivity index (χ4v) is 4.61. The van der Waals surface area contributed by atoms with Gasteiger partial charge in [0.1, 0.15) is 6.17 Å². The van der Waals surface area contributed by atoms with Gasteiger partial charge in [0.25, 0.3) is 0 Å². The third-order valence-electron chi connectivity index (χ3n) is 6.47. The Hall–Kier alpha value is -1.44. The van der Waals surface area contributed by atoms with Crippen LogP contribution in [0.1, 0.15) is 122 Å². The van der Waals surface area contributed by atoms with E-state index in [2.05, 4.69) is 66.4 Å². The van der Waals surface area contributed by atoms with Crippen LogP contribution in [0.15, 0.2) is 42.7 Å². The van der Waals surface area contributed by atoms with Crippen molar-refractivity contribution in [2.24, 2.45) is 0 Å². The molecule has 0 saturated carbocycles. The molecule has 0 saturated heterocycles. The van der Waals surface area contributed by atoms with E-state index in [1.54, 1.807) is 0 Å². The highest BCUT2D eigenvalue weighted by Crippen LogP contribution is 2.31. The molecule has 1 unspecified atom stereocenters. The maximum atomic E-state index is 2.58. The molecule has 1 atom stereocenters. The van der Waals surface area contributed by atoms with Crippen molar-refractivity contribution < 1.29 is 0 Å². The zero-order valence-corrected chi connectivity index (χ0v) is 20.0. The molecule has 170 valence electrons. The molecule has 1 aliphatic heterocycles. The van der Waals surface area contributed by atoms with E-state index < -0.39 is 0 Å². The van der Waals surface area contributed by atoms with Gasteiger partial charge in [-0.25, -0.2) is 0 Å². The summed E-state index contributed by atoms with van der Waals surface area (Å²) in [4.78, 5) is 5.15. The van der Waals surface area contributed by atoms with Crippen LogP contribution >= 0.6 is 0 Å². The van der Waals surface area contributed by atoms with Crippen molar-refractivity contribution >= 4 is 0 Å². The van der Waals surface area contributed by atoms with Crippen molar-refractivity contribution in [2.75, 3.05) is 13.1 Å². The van der Waals surface area contributed by atoms with Gasteiger partial charge < -0.3 is 9.80 Å². The minimum absolute atomic E-state index is 0.399. The fraction of sp³-hybridized carbons (Fsp3) is 0.714. The standard InChI is InChI=1S/C28H48N2/c1-3-5-7-9-11-13-15-20-24-30-26-25-29(23-19-14-12-10-8-6-4-2)28(30)27-21-17-16-18-22-27/h16-18,21-22,25-26,28H,3-15,19-20,23-24H2,1-2H3. The summed E-state index contributed by atoms with van der Waals surface area (Å²) in [6.07, 6.45) is 25.9. The summed E-state index contributed by atoms with van der Waals surface area (Å²) >= 11 is 0. The molecule has 0 radical (unpaired) electrons. The molecule has 1 aromatic rings. The number of hydrogen-bond donors (Lipinski definition) is 0. The Bertz CT molecular complexity index is 539. The maximum Gasteiger partial charge on any atom is 0.127 e. The summed E-state index contributed by atoms with van der Waals surface area (Å²) < 4.78 is 0. The predicted octanol–water partition coefficient (Wildman–Crippen LogP) is 8.67. The molecule has 0 aliphatic carbocycles. The van der Waals surface area contributed by atoms with Gasteiger partial charge in [0, 0.05) is 25.5 Å². The summed E-state index contributed by atoms with van der Waals surface area (Å²) in [5.74, 6) is 0. The second kappa shape index (κ2) is 16.3. The summed E-state index contributed by atoms with van der Waals surface area (Å²) in [5.41, 5.74) is 1.44. The monoisotopic (exact) mass is 412 g/mol. The van der Waals surface area contributed by atoms with Gasteiger partial charge in [-0.15, -0.1) is 0 Å². The van der Waals surface area contributed by atoms with Gasteiger partial charge in [-0.1, -0.05) is 128 Å². The van der Waals surface area contributed by atoms with Crippen LogP contribution in [0.4, 0.5) is 0 Å². The maximum absolute atomic E-state index is 2.58. The van der Waals surface area contributed by atoms with Gasteiger partial charge >= 0.3 is 0 Å². The van der Waals surface area contributed by atoms with Crippen molar-refractivity contribution in [1.82, 2.24) is 9.80 Å². The molecule has 0 N–H and O–H groups in total. The van der Waals surface area contributed by atoms with Gasteiger partial charge in [-0.3, -0.25) is 0 Å². The summed E-state index contributed by atoms with van der Waals surface area (Å²) in [5, 5.41) is 0. The fourth-order valence-electron chi connectivity index (χ4n) is 4.61. The average molecular weight is 413 g/mol. The lowest BCUT2D eigenvalue weighted by Gasteiger charge is -2.33. The van der Waals surface area contributed by atoms with Crippen molar-refractivity contribution in [1.29, 1.82) is 0 Å². The largest absolute Gasteiger partial charge is 0.352 e. The van der Waals surface area contributed by atoms with Crippen LogP contribution < -0.4 is 0 Å².